The molecule has 0 bridgehead atoms. The monoisotopic (exact) mass is 247 g/mol. The Bertz CT molecular complexity index is 511. The van der Waals surface area contributed by atoms with Gasteiger partial charge in [0.1, 0.15) is 11.6 Å². The lowest BCUT2D eigenvalue weighted by Crippen LogP contribution is -2.17. The Balaban J connectivity index is 1.78. The van der Waals surface area contributed by atoms with E-state index in [9.17, 15) is 8.78 Å². The first-order valence-corrected chi connectivity index (χ1v) is 5.94. The summed E-state index contributed by atoms with van der Waals surface area (Å²) in [5.41, 5.74) is 1.59. The summed E-state index contributed by atoms with van der Waals surface area (Å²) in [6, 6.07) is 13.2. The Morgan fingerprint density at radius 3 is 2.56 bits per heavy atom. The highest BCUT2D eigenvalue weighted by atomic mass is 19.1. The highest BCUT2D eigenvalue weighted by molar-refractivity contribution is 5.18. The SMILES string of the molecule is Fc1cccc(CNCCc2ccccc2F)c1. The van der Waals surface area contributed by atoms with E-state index in [1.807, 2.05) is 12.1 Å². The van der Waals surface area contributed by atoms with Crippen molar-refractivity contribution in [3.63, 3.8) is 0 Å². The predicted molar refractivity (Wildman–Crippen MR) is 68.2 cm³/mol. The Hall–Kier alpha value is -1.74. The van der Waals surface area contributed by atoms with Crippen molar-refractivity contribution >= 4 is 0 Å². The van der Waals surface area contributed by atoms with Gasteiger partial charge in [-0.2, -0.15) is 0 Å². The Morgan fingerprint density at radius 2 is 1.78 bits per heavy atom. The maximum atomic E-state index is 13.3. The van der Waals surface area contributed by atoms with E-state index in [2.05, 4.69) is 5.32 Å². The average molecular weight is 247 g/mol. The third-order valence-electron chi connectivity index (χ3n) is 2.75. The van der Waals surface area contributed by atoms with E-state index in [-0.39, 0.29) is 11.6 Å². The van der Waals surface area contributed by atoms with Crippen molar-refractivity contribution in [3.8, 4) is 0 Å². The van der Waals surface area contributed by atoms with E-state index in [1.54, 1.807) is 18.2 Å². The molecule has 0 saturated heterocycles. The van der Waals surface area contributed by atoms with Crippen LogP contribution < -0.4 is 5.32 Å². The molecule has 1 nitrogen and oxygen atoms in total. The van der Waals surface area contributed by atoms with Gasteiger partial charge in [-0.3, -0.25) is 0 Å². The lowest BCUT2D eigenvalue weighted by atomic mass is 10.1. The van der Waals surface area contributed by atoms with Crippen LogP contribution in [0.4, 0.5) is 8.78 Å². The summed E-state index contributed by atoms with van der Waals surface area (Å²) in [6.07, 6.45) is 0.627. The van der Waals surface area contributed by atoms with Crippen molar-refractivity contribution in [1.29, 1.82) is 0 Å². The van der Waals surface area contributed by atoms with Gasteiger partial charge in [0, 0.05) is 6.54 Å². The molecule has 18 heavy (non-hydrogen) atoms. The summed E-state index contributed by atoms with van der Waals surface area (Å²) < 4.78 is 26.2. The molecule has 2 rings (SSSR count). The molecule has 94 valence electrons. The van der Waals surface area contributed by atoms with Gasteiger partial charge in [-0.15, -0.1) is 0 Å². The summed E-state index contributed by atoms with van der Waals surface area (Å²) in [5, 5.41) is 3.17. The smallest absolute Gasteiger partial charge is 0.126 e. The fourth-order valence-corrected chi connectivity index (χ4v) is 1.80. The first-order valence-electron chi connectivity index (χ1n) is 5.94. The second-order valence-electron chi connectivity index (χ2n) is 4.15. The number of rotatable bonds is 5. The van der Waals surface area contributed by atoms with Gasteiger partial charge in [0.05, 0.1) is 0 Å². The zero-order chi connectivity index (χ0) is 12.8. The second kappa shape index (κ2) is 6.26. The standard InChI is InChI=1S/C15H15F2N/c16-14-6-3-4-12(10-14)11-18-9-8-13-5-1-2-7-15(13)17/h1-7,10,18H,8-9,11H2. The third kappa shape index (κ3) is 3.64. The number of nitrogens with one attached hydrogen (secondary N) is 1. The van der Waals surface area contributed by atoms with Crippen LogP contribution in [0.2, 0.25) is 0 Å². The van der Waals surface area contributed by atoms with Crippen molar-refractivity contribution in [2.24, 2.45) is 0 Å². The molecule has 0 amide bonds. The first-order chi connectivity index (χ1) is 8.75. The number of hydrogen-bond donors (Lipinski definition) is 1. The van der Waals surface area contributed by atoms with Gasteiger partial charge in [-0.1, -0.05) is 30.3 Å². The van der Waals surface area contributed by atoms with E-state index in [0.29, 0.717) is 25.1 Å². The topological polar surface area (TPSA) is 12.0 Å². The number of hydrogen-bond acceptors (Lipinski definition) is 1. The van der Waals surface area contributed by atoms with Crippen molar-refractivity contribution < 1.29 is 8.78 Å². The minimum atomic E-state index is -0.233. The molecule has 1 N–H and O–H groups in total. The summed E-state index contributed by atoms with van der Waals surface area (Å²) in [4.78, 5) is 0. The molecule has 3 heteroatoms. The van der Waals surface area contributed by atoms with Gasteiger partial charge in [-0.05, 0) is 42.3 Å². The summed E-state index contributed by atoms with van der Waals surface area (Å²) >= 11 is 0. The molecule has 0 aliphatic carbocycles. The van der Waals surface area contributed by atoms with E-state index in [0.717, 1.165) is 5.56 Å². The fraction of sp³-hybridized carbons (Fsp3) is 0.200. The van der Waals surface area contributed by atoms with Gasteiger partial charge in [0.25, 0.3) is 0 Å². The molecule has 0 fully saturated rings. The van der Waals surface area contributed by atoms with Crippen molar-refractivity contribution in [2.75, 3.05) is 6.54 Å². The van der Waals surface area contributed by atoms with Crippen LogP contribution in [-0.4, -0.2) is 6.54 Å². The molecule has 0 aromatic heterocycles. The second-order valence-corrected chi connectivity index (χ2v) is 4.15. The van der Waals surface area contributed by atoms with Crippen LogP contribution in [0.3, 0.4) is 0 Å². The molecule has 0 saturated carbocycles. The molecule has 0 unspecified atom stereocenters. The van der Waals surface area contributed by atoms with Gasteiger partial charge >= 0.3 is 0 Å². The molecule has 0 aliphatic heterocycles. The van der Waals surface area contributed by atoms with Crippen LogP contribution in [0.5, 0.6) is 0 Å². The largest absolute Gasteiger partial charge is 0.312 e. The average Bonchev–Trinajstić information content (AvgIpc) is 2.37. The van der Waals surface area contributed by atoms with Crippen LogP contribution in [0.25, 0.3) is 0 Å². The molecular formula is C15H15F2N. The number of benzene rings is 2. The fourth-order valence-electron chi connectivity index (χ4n) is 1.80. The molecule has 0 heterocycles. The highest BCUT2D eigenvalue weighted by Gasteiger charge is 2.00. The Labute approximate surface area is 105 Å². The molecule has 2 aromatic carbocycles. The summed E-state index contributed by atoms with van der Waals surface area (Å²) in [5.74, 6) is -0.409. The predicted octanol–water partition coefficient (Wildman–Crippen LogP) is 3.30. The summed E-state index contributed by atoms with van der Waals surface area (Å²) in [6.45, 7) is 1.25. The van der Waals surface area contributed by atoms with Gasteiger partial charge < -0.3 is 5.32 Å². The number of halogens is 2. The lowest BCUT2D eigenvalue weighted by Gasteiger charge is -2.06. The lowest BCUT2D eigenvalue weighted by molar-refractivity contribution is 0.596. The quantitative estimate of drug-likeness (QED) is 0.799. The van der Waals surface area contributed by atoms with E-state index in [1.165, 1.54) is 18.2 Å². The maximum absolute atomic E-state index is 13.3. The zero-order valence-electron chi connectivity index (χ0n) is 10.00. The van der Waals surface area contributed by atoms with Gasteiger partial charge in [-0.25, -0.2) is 8.78 Å². The van der Waals surface area contributed by atoms with Crippen LogP contribution in [-0.2, 0) is 13.0 Å². The van der Waals surface area contributed by atoms with Crippen molar-refractivity contribution in [3.05, 3.63) is 71.3 Å². The Morgan fingerprint density at radius 1 is 0.944 bits per heavy atom. The maximum Gasteiger partial charge on any atom is 0.126 e. The first kappa shape index (κ1) is 12.7. The molecule has 2 aromatic rings. The molecule has 0 atom stereocenters. The molecule has 0 spiro atoms. The van der Waals surface area contributed by atoms with Crippen molar-refractivity contribution in [2.45, 2.75) is 13.0 Å². The van der Waals surface area contributed by atoms with E-state index in [4.69, 9.17) is 0 Å². The van der Waals surface area contributed by atoms with E-state index < -0.39 is 0 Å². The van der Waals surface area contributed by atoms with Crippen LogP contribution >= 0.6 is 0 Å². The van der Waals surface area contributed by atoms with Gasteiger partial charge in [0.2, 0.25) is 0 Å². The highest BCUT2D eigenvalue weighted by Crippen LogP contribution is 2.07. The van der Waals surface area contributed by atoms with Crippen LogP contribution in [0, 0.1) is 11.6 Å². The molecule has 0 radical (unpaired) electrons. The van der Waals surface area contributed by atoms with Crippen molar-refractivity contribution in [1.82, 2.24) is 5.32 Å². The molecule has 0 aliphatic rings. The summed E-state index contributed by atoms with van der Waals surface area (Å²) in [7, 11) is 0. The molecular weight excluding hydrogens is 232 g/mol. The third-order valence-corrected chi connectivity index (χ3v) is 2.75. The minimum Gasteiger partial charge on any atom is -0.312 e. The zero-order valence-corrected chi connectivity index (χ0v) is 10.00. The van der Waals surface area contributed by atoms with Crippen LogP contribution in [0.15, 0.2) is 48.5 Å². The van der Waals surface area contributed by atoms with Crippen LogP contribution in [0.1, 0.15) is 11.1 Å². The Kier molecular flexibility index (Phi) is 4.42. The van der Waals surface area contributed by atoms with Gasteiger partial charge in [0.15, 0.2) is 0 Å². The van der Waals surface area contributed by atoms with E-state index >= 15 is 0 Å². The normalized spacial score (nSPS) is 10.6. The minimum absolute atomic E-state index is 0.176.